The molecule has 0 aromatic heterocycles. The molecule has 1 N–H and O–H groups in total. The third kappa shape index (κ3) is 6.53. The van der Waals surface area contributed by atoms with Gasteiger partial charge in [0.15, 0.2) is 0 Å². The van der Waals surface area contributed by atoms with Crippen LogP contribution in [0.5, 0.6) is 5.75 Å². The standard InChI is InChI=1S/C18H21F3N2O3S/c1-13-5-4-6-14(11-13)17(12-23(2)3)22-27(24,25)16-9-7-15(8-10-16)26-18(19,20)21/h4-11,17,22H,12H2,1-3H3/t17-/m1/s1. The number of likely N-dealkylation sites (N-methyl/N-ethyl adjacent to an activating group) is 1. The molecule has 2 aromatic carbocycles. The maximum atomic E-state index is 12.7. The van der Waals surface area contributed by atoms with Gasteiger partial charge in [0.05, 0.1) is 10.9 Å². The smallest absolute Gasteiger partial charge is 0.406 e. The van der Waals surface area contributed by atoms with E-state index in [0.29, 0.717) is 6.54 Å². The normalized spacial score (nSPS) is 13.6. The minimum atomic E-state index is -4.83. The van der Waals surface area contributed by atoms with Crippen LogP contribution in [-0.4, -0.2) is 40.3 Å². The number of nitrogens with zero attached hydrogens (tertiary/aromatic N) is 1. The van der Waals surface area contributed by atoms with Crippen LogP contribution in [0.1, 0.15) is 17.2 Å². The lowest BCUT2D eigenvalue weighted by molar-refractivity contribution is -0.274. The van der Waals surface area contributed by atoms with Crippen LogP contribution in [-0.2, 0) is 10.0 Å². The van der Waals surface area contributed by atoms with Crippen molar-refractivity contribution in [2.45, 2.75) is 24.2 Å². The zero-order valence-corrected chi connectivity index (χ0v) is 15.9. The van der Waals surface area contributed by atoms with Crippen molar-refractivity contribution in [1.82, 2.24) is 9.62 Å². The van der Waals surface area contributed by atoms with Crippen molar-refractivity contribution in [2.75, 3.05) is 20.6 Å². The molecule has 0 amide bonds. The zero-order valence-electron chi connectivity index (χ0n) is 15.1. The molecule has 0 fully saturated rings. The zero-order chi connectivity index (χ0) is 20.2. The highest BCUT2D eigenvalue weighted by Crippen LogP contribution is 2.25. The Bertz CT molecular complexity index is 866. The molecule has 0 aliphatic heterocycles. The van der Waals surface area contributed by atoms with Crippen LogP contribution < -0.4 is 9.46 Å². The number of halogens is 3. The van der Waals surface area contributed by atoms with Crippen molar-refractivity contribution in [1.29, 1.82) is 0 Å². The minimum absolute atomic E-state index is 0.145. The summed E-state index contributed by atoms with van der Waals surface area (Å²) in [5.74, 6) is -0.482. The highest BCUT2D eigenvalue weighted by molar-refractivity contribution is 7.89. The molecule has 2 aromatic rings. The number of aryl methyl sites for hydroxylation is 1. The van der Waals surface area contributed by atoms with Gasteiger partial charge in [0.2, 0.25) is 10.0 Å². The van der Waals surface area contributed by atoms with Crippen LogP contribution in [0, 0.1) is 6.92 Å². The van der Waals surface area contributed by atoms with Crippen LogP contribution >= 0.6 is 0 Å². The molecule has 0 spiro atoms. The SMILES string of the molecule is Cc1cccc([C@@H](CN(C)C)NS(=O)(=O)c2ccc(OC(F)(F)F)cc2)c1. The van der Waals surface area contributed by atoms with E-state index in [1.165, 1.54) is 0 Å². The summed E-state index contributed by atoms with van der Waals surface area (Å²) in [6.45, 7) is 2.32. The summed E-state index contributed by atoms with van der Waals surface area (Å²) >= 11 is 0. The fourth-order valence-corrected chi connectivity index (χ4v) is 3.75. The molecule has 0 radical (unpaired) electrons. The second kappa shape index (κ2) is 8.28. The lowest BCUT2D eigenvalue weighted by atomic mass is 10.1. The van der Waals surface area contributed by atoms with Gasteiger partial charge in [0.1, 0.15) is 5.75 Å². The minimum Gasteiger partial charge on any atom is -0.406 e. The van der Waals surface area contributed by atoms with E-state index in [1.54, 1.807) is 0 Å². The number of ether oxygens (including phenoxy) is 1. The van der Waals surface area contributed by atoms with Crippen LogP contribution in [0.15, 0.2) is 53.4 Å². The molecule has 0 heterocycles. The van der Waals surface area contributed by atoms with E-state index in [2.05, 4.69) is 9.46 Å². The second-order valence-corrected chi connectivity index (χ2v) is 8.08. The summed E-state index contributed by atoms with van der Waals surface area (Å²) in [6, 6.07) is 11.0. The first kappa shape index (κ1) is 21.2. The molecule has 0 aliphatic carbocycles. The Morgan fingerprint density at radius 2 is 1.74 bits per heavy atom. The highest BCUT2D eigenvalue weighted by atomic mass is 32.2. The molecule has 0 saturated carbocycles. The van der Waals surface area contributed by atoms with E-state index in [-0.39, 0.29) is 4.90 Å². The summed E-state index contributed by atoms with van der Waals surface area (Å²) < 4.78 is 68.5. The number of alkyl halides is 3. The van der Waals surface area contributed by atoms with Gasteiger partial charge in [-0.15, -0.1) is 13.2 Å². The molecule has 2 rings (SSSR count). The van der Waals surface area contributed by atoms with Gasteiger partial charge in [-0.25, -0.2) is 13.1 Å². The number of hydrogen-bond acceptors (Lipinski definition) is 4. The predicted octanol–water partition coefficient (Wildman–Crippen LogP) is 3.47. The Balaban J connectivity index is 2.25. The van der Waals surface area contributed by atoms with Crippen molar-refractivity contribution >= 4 is 10.0 Å². The Hall–Kier alpha value is -2.10. The summed E-state index contributed by atoms with van der Waals surface area (Å²) in [6.07, 6.45) is -4.83. The topological polar surface area (TPSA) is 58.6 Å². The molecule has 5 nitrogen and oxygen atoms in total. The summed E-state index contributed by atoms with van der Waals surface area (Å²) in [5, 5.41) is 0. The summed E-state index contributed by atoms with van der Waals surface area (Å²) in [7, 11) is -0.300. The van der Waals surface area contributed by atoms with Gasteiger partial charge in [0, 0.05) is 6.54 Å². The van der Waals surface area contributed by atoms with Crippen molar-refractivity contribution in [3.8, 4) is 5.75 Å². The number of rotatable bonds is 7. The number of nitrogens with one attached hydrogen (secondary N) is 1. The second-order valence-electron chi connectivity index (χ2n) is 6.37. The Morgan fingerprint density at radius 1 is 1.11 bits per heavy atom. The van der Waals surface area contributed by atoms with Crippen LogP contribution in [0.3, 0.4) is 0 Å². The lowest BCUT2D eigenvalue weighted by Gasteiger charge is -2.23. The fraction of sp³-hybridized carbons (Fsp3) is 0.333. The quantitative estimate of drug-likeness (QED) is 0.771. The van der Waals surface area contributed by atoms with Gasteiger partial charge in [-0.3, -0.25) is 0 Å². The fourth-order valence-electron chi connectivity index (χ4n) is 2.54. The Morgan fingerprint density at radius 3 is 2.26 bits per heavy atom. The van der Waals surface area contributed by atoms with Gasteiger partial charge in [-0.2, -0.15) is 0 Å². The lowest BCUT2D eigenvalue weighted by Crippen LogP contribution is -2.35. The van der Waals surface area contributed by atoms with Gasteiger partial charge < -0.3 is 9.64 Å². The van der Waals surface area contributed by atoms with Crippen molar-refractivity contribution in [2.24, 2.45) is 0 Å². The molecule has 27 heavy (non-hydrogen) atoms. The highest BCUT2D eigenvalue weighted by Gasteiger charge is 2.31. The van der Waals surface area contributed by atoms with E-state index in [9.17, 15) is 21.6 Å². The first-order valence-corrected chi connectivity index (χ1v) is 9.54. The third-order valence-corrected chi connectivity index (χ3v) is 5.14. The molecule has 1 atom stereocenters. The third-order valence-electron chi connectivity index (χ3n) is 3.66. The van der Waals surface area contributed by atoms with E-state index in [0.717, 1.165) is 35.4 Å². The molecule has 0 aliphatic rings. The molecular weight excluding hydrogens is 381 g/mol. The van der Waals surface area contributed by atoms with E-state index in [4.69, 9.17) is 0 Å². The average molecular weight is 402 g/mol. The van der Waals surface area contributed by atoms with E-state index in [1.807, 2.05) is 50.2 Å². The molecule has 0 unspecified atom stereocenters. The molecule has 9 heteroatoms. The monoisotopic (exact) mass is 402 g/mol. The summed E-state index contributed by atoms with van der Waals surface area (Å²) in [5.41, 5.74) is 1.79. The molecule has 0 saturated heterocycles. The van der Waals surface area contributed by atoms with E-state index < -0.39 is 28.2 Å². The largest absolute Gasteiger partial charge is 0.573 e. The Kier molecular flexibility index (Phi) is 6.50. The van der Waals surface area contributed by atoms with Gasteiger partial charge >= 0.3 is 6.36 Å². The average Bonchev–Trinajstić information content (AvgIpc) is 2.52. The van der Waals surface area contributed by atoms with E-state index >= 15 is 0 Å². The number of hydrogen-bond donors (Lipinski definition) is 1. The Labute approximate surface area is 156 Å². The molecule has 148 valence electrons. The van der Waals surface area contributed by atoms with Crippen molar-refractivity contribution in [3.63, 3.8) is 0 Å². The van der Waals surface area contributed by atoms with Gasteiger partial charge in [0.25, 0.3) is 0 Å². The predicted molar refractivity (Wildman–Crippen MR) is 95.9 cm³/mol. The molecule has 0 bridgehead atoms. The number of sulfonamides is 1. The van der Waals surface area contributed by atoms with Gasteiger partial charge in [-0.1, -0.05) is 29.8 Å². The first-order chi connectivity index (χ1) is 12.5. The van der Waals surface area contributed by atoms with Crippen LogP contribution in [0.4, 0.5) is 13.2 Å². The van der Waals surface area contributed by atoms with Gasteiger partial charge in [-0.05, 0) is 50.8 Å². The summed E-state index contributed by atoms with van der Waals surface area (Å²) in [4.78, 5) is 1.70. The van der Waals surface area contributed by atoms with Crippen LogP contribution in [0.25, 0.3) is 0 Å². The first-order valence-electron chi connectivity index (χ1n) is 8.06. The molecular formula is C18H21F3N2O3S. The number of benzene rings is 2. The maximum absolute atomic E-state index is 12.7. The maximum Gasteiger partial charge on any atom is 0.573 e. The van der Waals surface area contributed by atoms with Crippen LogP contribution in [0.2, 0.25) is 0 Å². The van der Waals surface area contributed by atoms with Crippen molar-refractivity contribution in [3.05, 3.63) is 59.7 Å². The van der Waals surface area contributed by atoms with Crippen molar-refractivity contribution < 1.29 is 26.3 Å².